The Balaban J connectivity index is 1.91. The van der Waals surface area contributed by atoms with Crippen LogP contribution in [-0.2, 0) is 6.54 Å². The number of aromatic nitrogens is 2. The summed E-state index contributed by atoms with van der Waals surface area (Å²) in [5.41, 5.74) is 7.53. The number of hydrogen-bond donors (Lipinski definition) is 1. The number of aryl methyl sites for hydroxylation is 1. The van der Waals surface area contributed by atoms with Crippen LogP contribution < -0.4 is 5.73 Å². The van der Waals surface area contributed by atoms with Gasteiger partial charge < -0.3 is 10.6 Å². The second-order valence-electron chi connectivity index (χ2n) is 4.64. The van der Waals surface area contributed by atoms with Gasteiger partial charge in [-0.05, 0) is 45.8 Å². The Labute approximate surface area is 91.1 Å². The largest absolute Gasteiger partial charge is 0.396 e. The van der Waals surface area contributed by atoms with Crippen LogP contribution in [0, 0.1) is 12.8 Å². The molecule has 15 heavy (non-hydrogen) atoms. The molecule has 2 rings (SSSR count). The van der Waals surface area contributed by atoms with Crippen molar-refractivity contribution in [1.82, 2.24) is 14.7 Å². The number of nitrogens with zero attached hydrogens (tertiary/aromatic N) is 3. The zero-order valence-corrected chi connectivity index (χ0v) is 9.61. The van der Waals surface area contributed by atoms with E-state index < -0.39 is 0 Å². The summed E-state index contributed by atoms with van der Waals surface area (Å²) in [6.45, 7) is 5.40. The van der Waals surface area contributed by atoms with Gasteiger partial charge in [-0.15, -0.1) is 0 Å². The number of rotatable bonds is 2. The lowest BCUT2D eigenvalue weighted by Crippen LogP contribution is -2.32. The molecule has 1 aliphatic heterocycles. The molecule has 2 N–H and O–H groups in total. The smallest absolute Gasteiger partial charge is 0.0822 e. The van der Waals surface area contributed by atoms with E-state index >= 15 is 0 Å². The molecule has 0 aliphatic carbocycles. The maximum atomic E-state index is 5.78. The topological polar surface area (TPSA) is 47.1 Å². The van der Waals surface area contributed by atoms with Gasteiger partial charge >= 0.3 is 0 Å². The number of nitrogen functional groups attached to an aromatic ring is 1. The molecule has 1 saturated heterocycles. The monoisotopic (exact) mass is 208 g/mol. The first-order chi connectivity index (χ1) is 7.15. The van der Waals surface area contributed by atoms with Gasteiger partial charge in [0.15, 0.2) is 0 Å². The minimum absolute atomic E-state index is 0.764. The Hall–Kier alpha value is -1.03. The van der Waals surface area contributed by atoms with Gasteiger partial charge in [0.05, 0.1) is 11.4 Å². The predicted octanol–water partition coefficient (Wildman–Crippen LogP) is 1.12. The Bertz CT molecular complexity index is 304. The van der Waals surface area contributed by atoms with Gasteiger partial charge in [0.2, 0.25) is 0 Å². The summed E-state index contributed by atoms with van der Waals surface area (Å²) in [5.74, 6) is 0.764. The highest BCUT2D eigenvalue weighted by molar-refractivity contribution is 5.39. The second-order valence-corrected chi connectivity index (χ2v) is 4.64. The third-order valence-electron chi connectivity index (χ3n) is 3.27. The molecule has 4 heteroatoms. The quantitative estimate of drug-likeness (QED) is 0.792. The second kappa shape index (κ2) is 4.23. The fourth-order valence-corrected chi connectivity index (χ4v) is 2.14. The van der Waals surface area contributed by atoms with E-state index in [0.717, 1.165) is 23.8 Å². The molecule has 84 valence electrons. The van der Waals surface area contributed by atoms with Crippen molar-refractivity contribution in [3.63, 3.8) is 0 Å². The molecule has 1 aromatic rings. The maximum Gasteiger partial charge on any atom is 0.0822 e. The van der Waals surface area contributed by atoms with Gasteiger partial charge in [0, 0.05) is 12.7 Å². The van der Waals surface area contributed by atoms with E-state index in [0.29, 0.717) is 0 Å². The van der Waals surface area contributed by atoms with Crippen LogP contribution in [-0.4, -0.2) is 34.8 Å². The lowest BCUT2D eigenvalue weighted by Gasteiger charge is -2.28. The molecule has 0 atom stereocenters. The fourth-order valence-electron chi connectivity index (χ4n) is 2.14. The van der Waals surface area contributed by atoms with Crippen molar-refractivity contribution in [1.29, 1.82) is 0 Å². The van der Waals surface area contributed by atoms with Crippen molar-refractivity contribution in [2.75, 3.05) is 25.9 Å². The molecule has 0 bridgehead atoms. The van der Waals surface area contributed by atoms with Crippen molar-refractivity contribution in [3.8, 4) is 0 Å². The first-order valence-electron chi connectivity index (χ1n) is 5.63. The molecule has 0 aromatic carbocycles. The minimum Gasteiger partial charge on any atom is -0.396 e. The third kappa shape index (κ3) is 2.50. The van der Waals surface area contributed by atoms with E-state index in [1.807, 2.05) is 17.8 Å². The first-order valence-corrected chi connectivity index (χ1v) is 5.63. The van der Waals surface area contributed by atoms with Gasteiger partial charge in [-0.1, -0.05) is 0 Å². The lowest BCUT2D eigenvalue weighted by atomic mass is 9.97. The minimum atomic E-state index is 0.764. The number of hydrogen-bond acceptors (Lipinski definition) is 3. The maximum absolute atomic E-state index is 5.78. The van der Waals surface area contributed by atoms with Crippen LogP contribution in [0.2, 0.25) is 0 Å². The van der Waals surface area contributed by atoms with Crippen molar-refractivity contribution in [3.05, 3.63) is 11.9 Å². The molecule has 1 aliphatic rings. The Morgan fingerprint density at radius 2 is 2.13 bits per heavy atom. The average molecular weight is 208 g/mol. The van der Waals surface area contributed by atoms with Crippen LogP contribution in [0.5, 0.6) is 0 Å². The summed E-state index contributed by atoms with van der Waals surface area (Å²) in [4.78, 5) is 2.39. The summed E-state index contributed by atoms with van der Waals surface area (Å²) in [6, 6.07) is 0. The van der Waals surface area contributed by atoms with E-state index in [4.69, 9.17) is 5.73 Å². The highest BCUT2D eigenvalue weighted by atomic mass is 15.3. The zero-order valence-electron chi connectivity index (χ0n) is 9.61. The van der Waals surface area contributed by atoms with Gasteiger partial charge in [0.1, 0.15) is 0 Å². The number of piperidine rings is 1. The Morgan fingerprint density at radius 1 is 1.47 bits per heavy atom. The summed E-state index contributed by atoms with van der Waals surface area (Å²) in [6.07, 6.45) is 4.50. The van der Waals surface area contributed by atoms with Gasteiger partial charge in [0.25, 0.3) is 0 Å². The zero-order chi connectivity index (χ0) is 10.8. The van der Waals surface area contributed by atoms with Crippen molar-refractivity contribution in [2.45, 2.75) is 26.3 Å². The van der Waals surface area contributed by atoms with Gasteiger partial charge in [-0.25, -0.2) is 0 Å². The Morgan fingerprint density at radius 3 is 2.67 bits per heavy atom. The van der Waals surface area contributed by atoms with Crippen LogP contribution in [0.4, 0.5) is 5.69 Å². The van der Waals surface area contributed by atoms with Crippen molar-refractivity contribution < 1.29 is 0 Å². The molecular weight excluding hydrogens is 188 g/mol. The fraction of sp³-hybridized carbons (Fsp3) is 0.727. The van der Waals surface area contributed by atoms with E-state index in [1.54, 1.807) is 0 Å². The summed E-state index contributed by atoms with van der Waals surface area (Å²) in [7, 11) is 2.19. The van der Waals surface area contributed by atoms with E-state index in [-0.39, 0.29) is 0 Å². The van der Waals surface area contributed by atoms with Crippen molar-refractivity contribution >= 4 is 5.69 Å². The predicted molar refractivity (Wildman–Crippen MR) is 61.6 cm³/mol. The molecule has 0 unspecified atom stereocenters. The van der Waals surface area contributed by atoms with Gasteiger partial charge in [-0.3, -0.25) is 4.68 Å². The molecule has 0 amide bonds. The normalized spacial score (nSPS) is 19.6. The van der Waals surface area contributed by atoms with Crippen LogP contribution in [0.25, 0.3) is 0 Å². The number of nitrogens with two attached hydrogens (primary N) is 1. The summed E-state index contributed by atoms with van der Waals surface area (Å²) >= 11 is 0. The summed E-state index contributed by atoms with van der Waals surface area (Å²) < 4.78 is 2.00. The third-order valence-corrected chi connectivity index (χ3v) is 3.27. The van der Waals surface area contributed by atoms with Crippen LogP contribution in [0.3, 0.4) is 0 Å². The molecule has 1 aromatic heterocycles. The SMILES string of the molecule is Cc1nn(CC2CCN(C)CC2)cc1N. The molecular formula is C11H20N4. The molecule has 0 radical (unpaired) electrons. The summed E-state index contributed by atoms with van der Waals surface area (Å²) in [5, 5.41) is 4.40. The Kier molecular flexibility index (Phi) is 2.95. The molecule has 2 heterocycles. The standard InChI is InChI=1S/C11H20N4/c1-9-11(12)8-15(13-9)7-10-3-5-14(2)6-4-10/h8,10H,3-7,12H2,1-2H3. The van der Waals surface area contributed by atoms with E-state index in [1.165, 1.54) is 25.9 Å². The van der Waals surface area contributed by atoms with Crippen LogP contribution >= 0.6 is 0 Å². The van der Waals surface area contributed by atoms with Crippen LogP contribution in [0.1, 0.15) is 18.5 Å². The molecule has 4 nitrogen and oxygen atoms in total. The van der Waals surface area contributed by atoms with Crippen molar-refractivity contribution in [2.24, 2.45) is 5.92 Å². The van der Waals surface area contributed by atoms with Gasteiger partial charge in [-0.2, -0.15) is 5.10 Å². The molecule has 0 saturated carbocycles. The molecule has 1 fully saturated rings. The highest BCUT2D eigenvalue weighted by Crippen LogP contribution is 2.18. The molecule has 0 spiro atoms. The highest BCUT2D eigenvalue weighted by Gasteiger charge is 2.17. The number of likely N-dealkylation sites (tertiary alicyclic amines) is 1. The number of anilines is 1. The lowest BCUT2D eigenvalue weighted by molar-refractivity contribution is 0.201. The van der Waals surface area contributed by atoms with Crippen LogP contribution in [0.15, 0.2) is 6.20 Å². The average Bonchev–Trinajstić information content (AvgIpc) is 2.50. The van der Waals surface area contributed by atoms with E-state index in [2.05, 4.69) is 17.0 Å². The first kappa shape index (κ1) is 10.5. The van der Waals surface area contributed by atoms with E-state index in [9.17, 15) is 0 Å².